The zero-order valence-electron chi connectivity index (χ0n) is 21.8. The number of aromatic nitrogens is 1. The number of nitrogens with one attached hydrogen (secondary N) is 4. The summed E-state index contributed by atoms with van der Waals surface area (Å²) in [6, 6.07) is 21.5. The number of alkyl halides is 1. The fraction of sp³-hybridized carbons (Fsp3) is 0.200. The molecule has 0 radical (unpaired) electrons. The Labute approximate surface area is 236 Å². The van der Waals surface area contributed by atoms with Crippen LogP contribution in [0, 0.1) is 17.1 Å². The predicted molar refractivity (Wildman–Crippen MR) is 154 cm³/mol. The Morgan fingerprint density at radius 1 is 1.10 bits per heavy atom. The van der Waals surface area contributed by atoms with Gasteiger partial charge < -0.3 is 16.1 Å². The molecule has 0 bridgehead atoms. The maximum Gasteiger partial charge on any atom is 0.128 e. The normalized spacial score (nSPS) is 14.3. The first kappa shape index (κ1) is 27.2. The van der Waals surface area contributed by atoms with E-state index in [4.69, 9.17) is 11.6 Å². The molecule has 4 aromatic rings. The Hall–Kier alpha value is -4.39. The second-order valence-electron chi connectivity index (χ2n) is 9.33. The van der Waals surface area contributed by atoms with E-state index < -0.39 is 18.5 Å². The van der Waals surface area contributed by atoms with Crippen molar-refractivity contribution in [1.82, 2.24) is 21.0 Å². The van der Waals surface area contributed by atoms with E-state index in [1.165, 1.54) is 12.3 Å². The highest BCUT2D eigenvalue weighted by Crippen LogP contribution is 2.37. The van der Waals surface area contributed by atoms with E-state index in [-0.39, 0.29) is 12.6 Å². The number of hydrazine groups is 2. The molecular formula is C30H28ClF2N7. The fourth-order valence-electron chi connectivity index (χ4n) is 4.79. The minimum absolute atomic E-state index is 0.0548. The Bertz CT molecular complexity index is 1570. The summed E-state index contributed by atoms with van der Waals surface area (Å²) in [5.41, 5.74) is 10.1. The number of nitriles is 1. The van der Waals surface area contributed by atoms with Gasteiger partial charge in [-0.3, -0.25) is 9.99 Å². The van der Waals surface area contributed by atoms with Gasteiger partial charge in [0.15, 0.2) is 0 Å². The predicted octanol–water partition coefficient (Wildman–Crippen LogP) is 6.75. The monoisotopic (exact) mass is 559 g/mol. The molecule has 204 valence electrons. The number of halogens is 3. The molecule has 0 spiro atoms. The van der Waals surface area contributed by atoms with Gasteiger partial charge in [0.25, 0.3) is 0 Å². The van der Waals surface area contributed by atoms with E-state index in [0.717, 1.165) is 12.0 Å². The van der Waals surface area contributed by atoms with Crippen LogP contribution in [0.1, 0.15) is 42.1 Å². The number of rotatable bonds is 10. The first-order valence-corrected chi connectivity index (χ1v) is 13.3. The van der Waals surface area contributed by atoms with Gasteiger partial charge in [-0.15, -0.1) is 5.53 Å². The van der Waals surface area contributed by atoms with Crippen LogP contribution in [0.3, 0.4) is 0 Å². The number of anilines is 2. The molecule has 1 aliphatic rings. The van der Waals surface area contributed by atoms with Gasteiger partial charge in [0, 0.05) is 29.0 Å². The van der Waals surface area contributed by atoms with Gasteiger partial charge in [0.1, 0.15) is 18.6 Å². The summed E-state index contributed by atoms with van der Waals surface area (Å²) in [6.07, 6.45) is 3.99. The molecule has 4 N–H and O–H groups in total. The summed E-state index contributed by atoms with van der Waals surface area (Å²) in [5.74, 6) is -0.400. The van der Waals surface area contributed by atoms with E-state index in [1.54, 1.807) is 35.5 Å². The van der Waals surface area contributed by atoms with Crippen LogP contribution in [-0.2, 0) is 0 Å². The molecule has 40 heavy (non-hydrogen) atoms. The van der Waals surface area contributed by atoms with Crippen LogP contribution in [0.4, 0.5) is 20.2 Å². The second kappa shape index (κ2) is 12.2. The third-order valence-corrected chi connectivity index (χ3v) is 7.06. The molecule has 2 atom stereocenters. The Balaban J connectivity index is 1.58. The van der Waals surface area contributed by atoms with Crippen molar-refractivity contribution >= 4 is 33.9 Å². The quantitative estimate of drug-likeness (QED) is 0.171. The number of pyridine rings is 1. The van der Waals surface area contributed by atoms with Crippen LogP contribution >= 0.6 is 11.6 Å². The van der Waals surface area contributed by atoms with Gasteiger partial charge >= 0.3 is 0 Å². The minimum atomic E-state index is -0.664. The largest absolute Gasteiger partial charge is 0.377 e. The van der Waals surface area contributed by atoms with Gasteiger partial charge in [0.05, 0.1) is 46.1 Å². The molecule has 0 amide bonds. The van der Waals surface area contributed by atoms with Gasteiger partial charge in [-0.2, -0.15) is 5.26 Å². The Morgan fingerprint density at radius 2 is 1.88 bits per heavy atom. The molecule has 0 saturated carbocycles. The Kier molecular flexibility index (Phi) is 8.29. The zero-order chi connectivity index (χ0) is 28.1. The standard InChI is InChI=1S/C30H28ClF2N7/c1-2-26(19-8-4-3-5-9-19)37-28-20(16-34)17-35-29-23(28)14-21(15-24(29)31)36-30(22-10-6-7-11-25(22)33)27-18-40(13-12-32)39-38-27/h3-11,14-15,17-18,26,30,36,38-39H,2,12-13H2,1H3,(H,35,37)/t26?,30-/m0/s1. The number of nitrogens with zero attached hydrogens (tertiary/aromatic N) is 3. The van der Waals surface area contributed by atoms with Crippen LogP contribution in [0.25, 0.3) is 10.9 Å². The molecule has 0 saturated heterocycles. The van der Waals surface area contributed by atoms with E-state index in [0.29, 0.717) is 44.1 Å². The van der Waals surface area contributed by atoms with Crippen molar-refractivity contribution in [3.05, 3.63) is 112 Å². The zero-order valence-corrected chi connectivity index (χ0v) is 22.5. The number of hydrogen-bond acceptors (Lipinski definition) is 7. The number of benzene rings is 3. The molecular weight excluding hydrogens is 532 g/mol. The molecule has 0 fully saturated rings. The van der Waals surface area contributed by atoms with Crippen molar-refractivity contribution in [1.29, 1.82) is 5.26 Å². The summed E-state index contributed by atoms with van der Waals surface area (Å²) in [7, 11) is 0. The van der Waals surface area contributed by atoms with Gasteiger partial charge in [-0.25, -0.2) is 8.78 Å². The van der Waals surface area contributed by atoms with Crippen molar-refractivity contribution in [2.45, 2.75) is 25.4 Å². The second-order valence-corrected chi connectivity index (χ2v) is 9.74. The summed E-state index contributed by atoms with van der Waals surface area (Å²) in [4.78, 5) is 4.46. The lowest BCUT2D eigenvalue weighted by molar-refractivity contribution is 0.246. The van der Waals surface area contributed by atoms with Crippen molar-refractivity contribution in [2.24, 2.45) is 0 Å². The van der Waals surface area contributed by atoms with E-state index >= 15 is 4.39 Å². The summed E-state index contributed by atoms with van der Waals surface area (Å²) >= 11 is 6.72. The van der Waals surface area contributed by atoms with Crippen LogP contribution in [0.15, 0.2) is 84.8 Å². The summed E-state index contributed by atoms with van der Waals surface area (Å²) in [6.45, 7) is 1.64. The van der Waals surface area contributed by atoms with Crippen molar-refractivity contribution in [3.8, 4) is 6.07 Å². The third kappa shape index (κ3) is 5.64. The molecule has 1 aromatic heterocycles. The maximum absolute atomic E-state index is 15.0. The van der Waals surface area contributed by atoms with Gasteiger partial charge in [-0.1, -0.05) is 67.1 Å². The highest BCUT2D eigenvalue weighted by molar-refractivity contribution is 6.35. The van der Waals surface area contributed by atoms with E-state index in [1.807, 2.05) is 36.4 Å². The maximum atomic E-state index is 15.0. The van der Waals surface area contributed by atoms with Crippen LogP contribution < -0.4 is 21.6 Å². The molecule has 0 aliphatic carbocycles. The molecule has 1 aliphatic heterocycles. The molecule has 2 heterocycles. The lowest BCUT2D eigenvalue weighted by atomic mass is 10.0. The first-order chi connectivity index (χ1) is 19.5. The number of fused-ring (bicyclic) bond motifs is 1. The molecule has 7 nitrogen and oxygen atoms in total. The molecule has 3 aromatic carbocycles. The van der Waals surface area contributed by atoms with E-state index in [9.17, 15) is 9.65 Å². The Morgan fingerprint density at radius 3 is 2.60 bits per heavy atom. The third-order valence-electron chi connectivity index (χ3n) is 6.78. The SMILES string of the molecule is CCC(Nc1c(C#N)cnc2c(Cl)cc(N[C@H](C3=CN(CCF)NN3)c3ccccc3F)cc12)c1ccccc1. The van der Waals surface area contributed by atoms with Crippen LogP contribution in [-0.4, -0.2) is 23.2 Å². The first-order valence-electron chi connectivity index (χ1n) is 12.9. The molecule has 5 rings (SSSR count). The fourth-order valence-corrected chi connectivity index (χ4v) is 5.06. The highest BCUT2D eigenvalue weighted by Gasteiger charge is 2.25. The summed E-state index contributed by atoms with van der Waals surface area (Å²) in [5, 5.41) is 19.4. The van der Waals surface area contributed by atoms with Crippen molar-refractivity contribution in [3.63, 3.8) is 0 Å². The average molecular weight is 560 g/mol. The number of hydrogen-bond donors (Lipinski definition) is 4. The summed E-state index contributed by atoms with van der Waals surface area (Å²) < 4.78 is 28.0. The molecule has 1 unspecified atom stereocenters. The lowest BCUT2D eigenvalue weighted by Gasteiger charge is -2.24. The highest BCUT2D eigenvalue weighted by atomic mass is 35.5. The lowest BCUT2D eigenvalue weighted by Crippen LogP contribution is -2.38. The smallest absolute Gasteiger partial charge is 0.128 e. The average Bonchev–Trinajstić information content (AvgIpc) is 3.44. The van der Waals surface area contributed by atoms with E-state index in [2.05, 4.69) is 39.6 Å². The van der Waals surface area contributed by atoms with Crippen LogP contribution in [0.2, 0.25) is 5.02 Å². The minimum Gasteiger partial charge on any atom is -0.377 e. The molecule has 10 heteroatoms. The van der Waals surface area contributed by atoms with Crippen molar-refractivity contribution < 1.29 is 8.78 Å². The topological polar surface area (TPSA) is 88.0 Å². The van der Waals surface area contributed by atoms with Gasteiger partial charge in [-0.05, 0) is 30.2 Å². The van der Waals surface area contributed by atoms with Gasteiger partial charge in [0.2, 0.25) is 0 Å². The van der Waals surface area contributed by atoms with Crippen LogP contribution in [0.5, 0.6) is 0 Å². The van der Waals surface area contributed by atoms with Crippen molar-refractivity contribution in [2.75, 3.05) is 23.9 Å².